The molecule has 1 atom stereocenters. The third-order valence-electron chi connectivity index (χ3n) is 6.09. The van der Waals surface area contributed by atoms with Crippen molar-refractivity contribution in [3.8, 4) is 0 Å². The van der Waals surface area contributed by atoms with Crippen LogP contribution in [0.25, 0.3) is 0 Å². The molecule has 5 fully saturated rings. The molecular weight excluding hydrogens is 196 g/mol. The third kappa shape index (κ3) is 1.26. The first-order chi connectivity index (χ1) is 7.75. The Morgan fingerprint density at radius 2 is 1.50 bits per heavy atom. The zero-order valence-corrected chi connectivity index (χ0v) is 10.2. The van der Waals surface area contributed by atoms with E-state index in [4.69, 9.17) is 5.84 Å². The van der Waals surface area contributed by atoms with Crippen molar-refractivity contribution in [2.45, 2.75) is 57.4 Å². The summed E-state index contributed by atoms with van der Waals surface area (Å²) >= 11 is 0. The van der Waals surface area contributed by atoms with Gasteiger partial charge in [0.15, 0.2) is 0 Å². The fourth-order valence-electron chi connectivity index (χ4n) is 6.03. The second-order valence-corrected chi connectivity index (χ2v) is 7.18. The van der Waals surface area contributed by atoms with Crippen LogP contribution in [0.15, 0.2) is 0 Å². The van der Waals surface area contributed by atoms with Crippen molar-refractivity contribution >= 4 is 0 Å². The highest BCUT2D eigenvalue weighted by Gasteiger charge is 2.55. The van der Waals surface area contributed by atoms with Crippen molar-refractivity contribution in [3.63, 3.8) is 0 Å². The molecule has 4 bridgehead atoms. The van der Waals surface area contributed by atoms with Crippen LogP contribution in [-0.2, 0) is 0 Å². The topological polar surface area (TPSA) is 29.3 Å². The lowest BCUT2D eigenvalue weighted by Gasteiger charge is -2.59. The van der Waals surface area contributed by atoms with Gasteiger partial charge >= 0.3 is 0 Å². The summed E-state index contributed by atoms with van der Waals surface area (Å²) in [5, 5.41) is 2.20. The normalized spacial score (nSPS) is 56.1. The molecule has 1 unspecified atom stereocenters. The molecule has 1 heterocycles. The van der Waals surface area contributed by atoms with E-state index in [0.717, 1.165) is 30.3 Å². The van der Waals surface area contributed by atoms with Gasteiger partial charge in [-0.15, -0.1) is 0 Å². The smallest absolute Gasteiger partial charge is 0.0298 e. The zero-order chi connectivity index (χ0) is 10.8. The summed E-state index contributed by atoms with van der Waals surface area (Å²) in [4.78, 5) is 0. The molecule has 1 aliphatic heterocycles. The first kappa shape index (κ1) is 9.90. The molecule has 0 aromatic carbocycles. The van der Waals surface area contributed by atoms with Crippen molar-refractivity contribution in [1.29, 1.82) is 0 Å². The Kier molecular flexibility index (Phi) is 2.00. The van der Waals surface area contributed by atoms with Crippen LogP contribution in [0.2, 0.25) is 0 Å². The average Bonchev–Trinajstić information content (AvgIpc) is 2.62. The first-order valence-corrected chi connectivity index (χ1v) is 7.26. The largest absolute Gasteiger partial charge is 0.269 e. The molecule has 4 aliphatic carbocycles. The highest BCUT2D eigenvalue weighted by molar-refractivity contribution is 5.07. The van der Waals surface area contributed by atoms with Crippen LogP contribution in [-0.4, -0.2) is 17.6 Å². The fourth-order valence-corrected chi connectivity index (χ4v) is 6.03. The highest BCUT2D eigenvalue weighted by atomic mass is 15.4. The molecule has 0 radical (unpaired) electrons. The molecule has 2 nitrogen and oxygen atoms in total. The summed E-state index contributed by atoms with van der Waals surface area (Å²) in [5.74, 6) is 9.44. The minimum atomic E-state index is 0.653. The quantitative estimate of drug-likeness (QED) is 0.688. The monoisotopic (exact) mass is 220 g/mol. The fraction of sp³-hybridized carbons (Fsp3) is 1.00. The summed E-state index contributed by atoms with van der Waals surface area (Å²) in [6.45, 7) is 1.15. The molecule has 2 heteroatoms. The molecule has 0 amide bonds. The van der Waals surface area contributed by atoms with Gasteiger partial charge in [-0.2, -0.15) is 0 Å². The van der Waals surface area contributed by atoms with E-state index in [2.05, 4.69) is 5.01 Å². The molecular formula is C14H24N2. The molecule has 0 spiro atoms. The standard InChI is InChI=1S/C14H24N2/c15-16-3-1-2-13(16)14-7-10-4-11(8-14)6-12(5-10)9-14/h10-13H,1-9,15H2. The lowest BCUT2D eigenvalue weighted by atomic mass is 9.47. The second kappa shape index (κ2) is 3.23. The van der Waals surface area contributed by atoms with E-state index >= 15 is 0 Å². The maximum Gasteiger partial charge on any atom is 0.0298 e. The summed E-state index contributed by atoms with van der Waals surface area (Å²) in [5.41, 5.74) is 0.653. The first-order valence-electron chi connectivity index (χ1n) is 7.26. The van der Waals surface area contributed by atoms with Crippen molar-refractivity contribution in [2.75, 3.05) is 6.54 Å². The Balaban J connectivity index is 1.66. The van der Waals surface area contributed by atoms with Crippen LogP contribution in [0, 0.1) is 23.2 Å². The predicted octanol–water partition coefficient (Wildman–Crippen LogP) is 2.54. The van der Waals surface area contributed by atoms with Crippen LogP contribution in [0.1, 0.15) is 51.4 Å². The number of hydrazine groups is 1. The van der Waals surface area contributed by atoms with Gasteiger partial charge in [0.25, 0.3) is 0 Å². The number of nitrogens with two attached hydrogens (primary N) is 1. The van der Waals surface area contributed by atoms with E-state index in [1.54, 1.807) is 19.3 Å². The van der Waals surface area contributed by atoms with Crippen LogP contribution >= 0.6 is 0 Å². The van der Waals surface area contributed by atoms with Crippen LogP contribution in [0.3, 0.4) is 0 Å². The molecule has 4 saturated carbocycles. The average molecular weight is 220 g/mol. The number of hydrogen-bond acceptors (Lipinski definition) is 2. The number of hydrogen-bond donors (Lipinski definition) is 1. The lowest BCUT2D eigenvalue weighted by molar-refractivity contribution is -0.0931. The Hall–Kier alpha value is -0.0800. The van der Waals surface area contributed by atoms with Gasteiger partial charge in [-0.25, -0.2) is 5.01 Å². The zero-order valence-electron chi connectivity index (χ0n) is 10.2. The summed E-state index contributed by atoms with van der Waals surface area (Å²) < 4.78 is 0. The molecule has 2 N–H and O–H groups in total. The van der Waals surface area contributed by atoms with Gasteiger partial charge in [0, 0.05) is 12.6 Å². The minimum Gasteiger partial charge on any atom is -0.269 e. The lowest BCUT2D eigenvalue weighted by Crippen LogP contribution is -2.56. The van der Waals surface area contributed by atoms with E-state index in [0.29, 0.717) is 5.41 Å². The maximum atomic E-state index is 6.23. The van der Waals surface area contributed by atoms with Gasteiger partial charge in [-0.05, 0) is 74.5 Å². The maximum absolute atomic E-state index is 6.23. The molecule has 1 saturated heterocycles. The van der Waals surface area contributed by atoms with E-state index in [-0.39, 0.29) is 0 Å². The minimum absolute atomic E-state index is 0.653. The third-order valence-corrected chi connectivity index (χ3v) is 6.09. The van der Waals surface area contributed by atoms with E-state index < -0.39 is 0 Å². The molecule has 0 aromatic heterocycles. The Morgan fingerprint density at radius 3 is 1.94 bits per heavy atom. The van der Waals surface area contributed by atoms with Gasteiger partial charge in [-0.3, -0.25) is 5.84 Å². The second-order valence-electron chi connectivity index (χ2n) is 7.18. The van der Waals surface area contributed by atoms with Crippen molar-refractivity contribution < 1.29 is 0 Å². The van der Waals surface area contributed by atoms with Crippen molar-refractivity contribution in [1.82, 2.24) is 5.01 Å². The van der Waals surface area contributed by atoms with Crippen molar-refractivity contribution in [2.24, 2.45) is 29.0 Å². The van der Waals surface area contributed by atoms with Crippen LogP contribution in [0.4, 0.5) is 0 Å². The number of nitrogens with zero attached hydrogens (tertiary/aromatic N) is 1. The van der Waals surface area contributed by atoms with Crippen molar-refractivity contribution in [3.05, 3.63) is 0 Å². The molecule has 5 rings (SSSR count). The Labute approximate surface area is 98.5 Å². The molecule has 16 heavy (non-hydrogen) atoms. The Bertz CT molecular complexity index is 264. The van der Waals surface area contributed by atoms with Crippen LogP contribution in [0.5, 0.6) is 0 Å². The predicted molar refractivity (Wildman–Crippen MR) is 64.5 cm³/mol. The van der Waals surface area contributed by atoms with Gasteiger partial charge < -0.3 is 0 Å². The summed E-state index contributed by atoms with van der Waals surface area (Å²) in [6, 6.07) is 0.737. The van der Waals surface area contributed by atoms with E-state index in [1.165, 1.54) is 32.1 Å². The molecule has 5 aliphatic rings. The van der Waals surface area contributed by atoms with Crippen LogP contribution < -0.4 is 5.84 Å². The van der Waals surface area contributed by atoms with E-state index in [9.17, 15) is 0 Å². The Morgan fingerprint density at radius 1 is 0.938 bits per heavy atom. The highest BCUT2D eigenvalue weighted by Crippen LogP contribution is 2.62. The molecule has 90 valence electrons. The SMILES string of the molecule is NN1CCCC1C12CC3CC(CC(C3)C1)C2. The van der Waals surface area contributed by atoms with Gasteiger partial charge in [0.2, 0.25) is 0 Å². The molecule has 0 aromatic rings. The van der Waals surface area contributed by atoms with Gasteiger partial charge in [0.1, 0.15) is 0 Å². The van der Waals surface area contributed by atoms with Gasteiger partial charge in [-0.1, -0.05) is 0 Å². The summed E-state index contributed by atoms with van der Waals surface area (Å²) in [6.07, 6.45) is 11.9. The number of rotatable bonds is 1. The van der Waals surface area contributed by atoms with Gasteiger partial charge in [0.05, 0.1) is 0 Å². The summed E-state index contributed by atoms with van der Waals surface area (Å²) in [7, 11) is 0. The van der Waals surface area contributed by atoms with E-state index in [1.807, 2.05) is 0 Å².